The summed E-state index contributed by atoms with van der Waals surface area (Å²) in [5, 5.41) is 11.5. The molecule has 0 aliphatic heterocycles. The highest BCUT2D eigenvalue weighted by Crippen LogP contribution is 2.19. The zero-order chi connectivity index (χ0) is 15.1. The van der Waals surface area contributed by atoms with E-state index in [0.717, 1.165) is 16.7 Å². The summed E-state index contributed by atoms with van der Waals surface area (Å²) in [6, 6.07) is 6.18. The van der Waals surface area contributed by atoms with Crippen molar-refractivity contribution in [3.05, 3.63) is 41.0 Å². The highest BCUT2D eigenvalue weighted by molar-refractivity contribution is 6.39. The molecule has 0 fully saturated rings. The third-order valence-corrected chi connectivity index (χ3v) is 3.35. The van der Waals surface area contributed by atoms with Gasteiger partial charge in [0.1, 0.15) is 12.4 Å². The summed E-state index contributed by atoms with van der Waals surface area (Å²) in [7, 11) is 1.56. The predicted octanol–water partition coefficient (Wildman–Crippen LogP) is 2.10. The van der Waals surface area contributed by atoms with Gasteiger partial charge in [-0.2, -0.15) is 0 Å². The number of aryl methyl sites for hydroxylation is 1. The van der Waals surface area contributed by atoms with Gasteiger partial charge in [0, 0.05) is 13.5 Å². The molecule has 4 heteroatoms. The summed E-state index contributed by atoms with van der Waals surface area (Å²) in [6.45, 7) is 5.67. The maximum Gasteiger partial charge on any atom is 0.265 e. The van der Waals surface area contributed by atoms with Gasteiger partial charge >= 0.3 is 0 Å². The van der Waals surface area contributed by atoms with Crippen molar-refractivity contribution in [2.75, 3.05) is 13.8 Å². The number of carbonyl (C=O) groups excluding carboxylic acids is 1. The molecule has 1 aromatic rings. The minimum atomic E-state index is -0.380. The lowest BCUT2D eigenvalue weighted by atomic mass is 9.97. The van der Waals surface area contributed by atoms with Crippen LogP contribution in [-0.4, -0.2) is 30.5 Å². The first-order valence-corrected chi connectivity index (χ1v) is 6.62. The molecule has 4 nitrogen and oxygen atoms in total. The second kappa shape index (κ2) is 7.60. The molecule has 2 N–H and O–H groups in total. The van der Waals surface area contributed by atoms with Gasteiger partial charge in [-0.15, -0.1) is 0 Å². The Morgan fingerprint density at radius 1 is 1.45 bits per heavy atom. The second-order valence-corrected chi connectivity index (χ2v) is 4.62. The van der Waals surface area contributed by atoms with E-state index in [0.29, 0.717) is 12.1 Å². The van der Waals surface area contributed by atoms with E-state index < -0.39 is 0 Å². The maximum atomic E-state index is 11.7. The minimum Gasteiger partial charge on any atom is -0.375 e. The van der Waals surface area contributed by atoms with Crippen LogP contribution in [0.1, 0.15) is 30.5 Å². The fourth-order valence-corrected chi connectivity index (χ4v) is 1.89. The first-order valence-electron chi connectivity index (χ1n) is 6.62. The monoisotopic (exact) mass is 274 g/mol. The summed E-state index contributed by atoms with van der Waals surface area (Å²) < 4.78 is 0. The first-order chi connectivity index (χ1) is 9.53. The summed E-state index contributed by atoms with van der Waals surface area (Å²) in [5.41, 5.74) is 4.81. The number of carbonyl (C=O) groups is 1. The molecule has 0 aliphatic carbocycles. The quantitative estimate of drug-likeness (QED) is 0.808. The van der Waals surface area contributed by atoms with Crippen molar-refractivity contribution >= 4 is 17.2 Å². The fourth-order valence-electron chi connectivity index (χ4n) is 1.89. The average Bonchev–Trinajstić information content (AvgIpc) is 2.47. The fraction of sp³-hybridized carbons (Fsp3) is 0.375. The zero-order valence-corrected chi connectivity index (χ0v) is 12.5. The number of benzene rings is 1. The van der Waals surface area contributed by atoms with Gasteiger partial charge in [-0.1, -0.05) is 24.3 Å². The molecule has 0 atom stereocenters. The van der Waals surface area contributed by atoms with Crippen LogP contribution in [0.3, 0.4) is 0 Å². The molecule has 1 amide bonds. The van der Waals surface area contributed by atoms with E-state index in [1.165, 1.54) is 5.57 Å². The molecule has 0 spiro atoms. The van der Waals surface area contributed by atoms with E-state index in [-0.39, 0.29) is 12.6 Å². The van der Waals surface area contributed by atoms with E-state index in [2.05, 4.69) is 35.4 Å². The molecule has 0 radical (unpaired) electrons. The predicted molar refractivity (Wildman–Crippen MR) is 82.8 cm³/mol. The highest BCUT2D eigenvalue weighted by atomic mass is 16.3. The number of nitrogens with zero attached hydrogens (tertiary/aromatic N) is 1. The van der Waals surface area contributed by atoms with Gasteiger partial charge in [-0.25, -0.2) is 0 Å². The molecule has 0 heterocycles. The third kappa shape index (κ3) is 4.03. The molecular formula is C16H22N2O2. The molecule has 0 saturated carbocycles. The number of aliphatic imine (C=N–C) groups is 1. The van der Waals surface area contributed by atoms with E-state index in [4.69, 9.17) is 5.11 Å². The maximum absolute atomic E-state index is 11.7. The Morgan fingerprint density at radius 2 is 2.15 bits per heavy atom. The van der Waals surface area contributed by atoms with Gasteiger partial charge in [0.25, 0.3) is 5.91 Å². The smallest absolute Gasteiger partial charge is 0.265 e. The molecule has 0 aliphatic rings. The third-order valence-electron chi connectivity index (χ3n) is 3.35. The van der Waals surface area contributed by atoms with Crippen molar-refractivity contribution in [1.82, 2.24) is 5.32 Å². The Labute approximate surface area is 120 Å². The van der Waals surface area contributed by atoms with Crippen LogP contribution in [0, 0.1) is 6.92 Å². The molecule has 20 heavy (non-hydrogen) atoms. The highest BCUT2D eigenvalue weighted by Gasteiger charge is 2.12. The lowest BCUT2D eigenvalue weighted by Gasteiger charge is -2.11. The van der Waals surface area contributed by atoms with E-state index in [1.807, 2.05) is 19.9 Å². The summed E-state index contributed by atoms with van der Waals surface area (Å²) in [4.78, 5) is 15.6. The number of amides is 1. The Morgan fingerprint density at radius 3 is 2.70 bits per heavy atom. The van der Waals surface area contributed by atoms with E-state index in [1.54, 1.807) is 7.05 Å². The zero-order valence-electron chi connectivity index (χ0n) is 12.5. The summed E-state index contributed by atoms with van der Waals surface area (Å²) in [6.07, 6.45) is 2.47. The van der Waals surface area contributed by atoms with Gasteiger partial charge in [0.15, 0.2) is 0 Å². The van der Waals surface area contributed by atoms with Crippen molar-refractivity contribution in [3.63, 3.8) is 0 Å². The van der Waals surface area contributed by atoms with Gasteiger partial charge in [-0.3, -0.25) is 9.79 Å². The van der Waals surface area contributed by atoms with Crippen LogP contribution in [0.5, 0.6) is 0 Å². The Bertz CT molecular complexity index is 545. The molecule has 0 bridgehead atoms. The van der Waals surface area contributed by atoms with Crippen LogP contribution in [0.15, 0.2) is 29.3 Å². The molecule has 108 valence electrons. The molecule has 1 rings (SSSR count). The molecule has 0 aromatic heterocycles. The Balaban J connectivity index is 3.12. The van der Waals surface area contributed by atoms with E-state index >= 15 is 0 Å². The second-order valence-electron chi connectivity index (χ2n) is 4.62. The van der Waals surface area contributed by atoms with Crippen LogP contribution in [0.2, 0.25) is 0 Å². The number of allylic oxidation sites excluding steroid dienone is 2. The van der Waals surface area contributed by atoms with Gasteiger partial charge in [0.05, 0.1) is 0 Å². The van der Waals surface area contributed by atoms with Crippen LogP contribution in [0.25, 0.3) is 5.57 Å². The molecule has 1 aromatic carbocycles. The number of hydrogen-bond donors (Lipinski definition) is 2. The number of nitrogens with one attached hydrogen (secondary N) is 1. The van der Waals surface area contributed by atoms with Gasteiger partial charge in [0.2, 0.25) is 0 Å². The molecule has 0 saturated heterocycles. The molecule has 0 unspecified atom stereocenters. The van der Waals surface area contributed by atoms with Crippen molar-refractivity contribution in [1.29, 1.82) is 0 Å². The molecular weight excluding hydrogens is 252 g/mol. The minimum absolute atomic E-state index is 0.258. The van der Waals surface area contributed by atoms with Crippen LogP contribution < -0.4 is 5.32 Å². The first kappa shape index (κ1) is 16.1. The normalized spacial score (nSPS) is 12.4. The van der Waals surface area contributed by atoms with Crippen LogP contribution in [0.4, 0.5) is 0 Å². The lowest BCUT2D eigenvalue weighted by Crippen LogP contribution is -2.29. The number of aliphatic hydroxyl groups excluding tert-OH is 1. The van der Waals surface area contributed by atoms with Crippen LogP contribution >= 0.6 is 0 Å². The SMILES string of the molecule is C/C=C(\C)c1ccc(C)c(C/C(=N\CO)C(=O)NC)c1. The van der Waals surface area contributed by atoms with Crippen molar-refractivity contribution in [2.45, 2.75) is 27.2 Å². The van der Waals surface area contributed by atoms with Gasteiger partial charge in [-0.05, 0) is 43.0 Å². The number of hydrogen-bond acceptors (Lipinski definition) is 3. The number of aliphatic hydroxyl groups is 1. The number of rotatable bonds is 5. The van der Waals surface area contributed by atoms with Crippen molar-refractivity contribution in [3.8, 4) is 0 Å². The largest absolute Gasteiger partial charge is 0.375 e. The van der Waals surface area contributed by atoms with Gasteiger partial charge < -0.3 is 10.4 Å². The summed E-state index contributed by atoms with van der Waals surface area (Å²) >= 11 is 0. The Hall–Kier alpha value is -1.94. The van der Waals surface area contributed by atoms with E-state index in [9.17, 15) is 4.79 Å². The summed E-state index contributed by atoms with van der Waals surface area (Å²) in [5.74, 6) is -0.258. The topological polar surface area (TPSA) is 61.7 Å². The van der Waals surface area contributed by atoms with Crippen molar-refractivity contribution in [2.24, 2.45) is 4.99 Å². The Kier molecular flexibility index (Phi) is 6.12. The van der Waals surface area contributed by atoms with Crippen molar-refractivity contribution < 1.29 is 9.90 Å². The lowest BCUT2D eigenvalue weighted by molar-refractivity contribution is -0.114. The standard InChI is InChI=1S/C16H22N2O2/c1-5-11(2)13-7-6-12(3)14(8-13)9-15(18-10-19)16(20)17-4/h5-8,19H,9-10H2,1-4H3,(H,17,20)/b11-5+,18-15+. The average molecular weight is 274 g/mol. The van der Waals surface area contributed by atoms with Crippen LogP contribution in [-0.2, 0) is 11.2 Å².